The first-order chi connectivity index (χ1) is 12.1. The fourth-order valence-electron chi connectivity index (χ4n) is 2.20. The lowest BCUT2D eigenvalue weighted by Gasteiger charge is -2.12. The molecule has 1 fully saturated rings. The number of nitrogens with one attached hydrogen (secondary N) is 1. The van der Waals surface area contributed by atoms with Crippen LogP contribution in [0.1, 0.15) is 31.8 Å². The summed E-state index contributed by atoms with van der Waals surface area (Å²) in [7, 11) is 0. The van der Waals surface area contributed by atoms with Crippen LogP contribution in [0, 0.1) is 6.92 Å². The van der Waals surface area contributed by atoms with E-state index in [2.05, 4.69) is 5.32 Å². The zero-order valence-corrected chi connectivity index (χ0v) is 14.9. The van der Waals surface area contributed by atoms with E-state index in [-0.39, 0.29) is 24.2 Å². The number of benzene rings is 1. The number of anilines is 1. The number of carbonyl (C=O) groups excluding carboxylic acids is 2. The second-order valence-corrected chi connectivity index (χ2v) is 6.85. The molecule has 1 saturated heterocycles. The molecule has 1 aromatic heterocycles. The Hall–Kier alpha value is -2.38. The zero-order chi connectivity index (χ0) is 17.8. The largest absolute Gasteiger partial charge is 0.490 e. The topological polar surface area (TPSA) is 77.2 Å². The molecule has 1 atom stereocenters. The molecule has 25 heavy (non-hydrogen) atoms. The summed E-state index contributed by atoms with van der Waals surface area (Å²) in [5.74, 6) is -0.288. The maximum atomic E-state index is 12.3. The Labute approximate surface area is 149 Å². The van der Waals surface area contributed by atoms with Crippen LogP contribution in [0.15, 0.2) is 30.3 Å². The predicted molar refractivity (Wildman–Crippen MR) is 94.6 cm³/mol. The molecule has 1 unspecified atom stereocenters. The molecule has 1 aliphatic heterocycles. The summed E-state index contributed by atoms with van der Waals surface area (Å²) in [5, 5.41) is 2.80. The highest BCUT2D eigenvalue weighted by molar-refractivity contribution is 7.14. The van der Waals surface area contributed by atoms with E-state index in [9.17, 15) is 9.59 Å². The summed E-state index contributed by atoms with van der Waals surface area (Å²) in [6.45, 7) is 4.99. The number of esters is 1. The Morgan fingerprint density at radius 1 is 1.32 bits per heavy atom. The van der Waals surface area contributed by atoms with E-state index in [1.807, 2.05) is 13.0 Å². The predicted octanol–water partition coefficient (Wildman–Crippen LogP) is 3.26. The lowest BCUT2D eigenvalue weighted by molar-refractivity contribution is 0.0521. The van der Waals surface area contributed by atoms with Gasteiger partial charge in [0.2, 0.25) is 0 Å². The van der Waals surface area contributed by atoms with Crippen molar-refractivity contribution in [2.45, 2.75) is 20.0 Å². The smallest absolute Gasteiger partial charge is 0.341 e. The molecule has 0 radical (unpaired) electrons. The van der Waals surface area contributed by atoms with Gasteiger partial charge >= 0.3 is 5.97 Å². The van der Waals surface area contributed by atoms with E-state index >= 15 is 0 Å². The second-order valence-electron chi connectivity index (χ2n) is 5.56. The van der Waals surface area contributed by atoms with Crippen LogP contribution in [0.2, 0.25) is 0 Å². The van der Waals surface area contributed by atoms with Gasteiger partial charge in [-0.3, -0.25) is 4.79 Å². The number of rotatable bonds is 7. The van der Waals surface area contributed by atoms with Gasteiger partial charge in [-0.2, -0.15) is 0 Å². The number of ether oxygens (including phenoxy) is 3. The van der Waals surface area contributed by atoms with Gasteiger partial charge in [0, 0.05) is 10.6 Å². The van der Waals surface area contributed by atoms with Crippen LogP contribution >= 0.6 is 11.3 Å². The summed E-state index contributed by atoms with van der Waals surface area (Å²) in [5.41, 5.74) is 0.789. The molecule has 6 nitrogen and oxygen atoms in total. The summed E-state index contributed by atoms with van der Waals surface area (Å²) in [4.78, 5) is 26.1. The standard InChI is InChI=1S/C18H19NO5S/c1-3-22-18(21)14-8-12(5-6-15(14)24-10-13-9-23-13)19-17(20)16-7-4-11(2)25-16/h4-8,13H,3,9-10H2,1-2H3,(H,19,20). The minimum absolute atomic E-state index is 0.0801. The van der Waals surface area contributed by atoms with Gasteiger partial charge in [-0.25, -0.2) is 4.79 Å². The Morgan fingerprint density at radius 3 is 2.76 bits per heavy atom. The molecule has 3 rings (SSSR count). The van der Waals surface area contributed by atoms with Crippen LogP contribution in [0.3, 0.4) is 0 Å². The lowest BCUT2D eigenvalue weighted by Crippen LogP contribution is -2.13. The van der Waals surface area contributed by atoms with Crippen LogP contribution in [0.25, 0.3) is 0 Å². The number of thiophene rings is 1. The normalized spacial score (nSPS) is 15.5. The van der Waals surface area contributed by atoms with Crippen molar-refractivity contribution in [3.8, 4) is 5.75 Å². The monoisotopic (exact) mass is 361 g/mol. The molecular formula is C18H19NO5S. The van der Waals surface area contributed by atoms with Gasteiger partial charge < -0.3 is 19.5 Å². The number of epoxide rings is 1. The number of hydrogen-bond donors (Lipinski definition) is 1. The highest BCUT2D eigenvalue weighted by atomic mass is 32.1. The van der Waals surface area contributed by atoms with Crippen molar-refractivity contribution >= 4 is 28.9 Å². The Kier molecular flexibility index (Phi) is 5.35. The summed E-state index contributed by atoms with van der Waals surface area (Å²) >= 11 is 1.41. The van der Waals surface area contributed by atoms with Crippen LogP contribution in [-0.4, -0.2) is 37.8 Å². The van der Waals surface area contributed by atoms with Crippen LogP contribution < -0.4 is 10.1 Å². The summed E-state index contributed by atoms with van der Waals surface area (Å²) < 4.78 is 15.8. The maximum absolute atomic E-state index is 12.3. The van der Waals surface area contributed by atoms with E-state index in [0.717, 1.165) is 4.88 Å². The van der Waals surface area contributed by atoms with Crippen LogP contribution in [-0.2, 0) is 9.47 Å². The SMILES string of the molecule is CCOC(=O)c1cc(NC(=O)c2ccc(C)s2)ccc1OCC1CO1. The fraction of sp³-hybridized carbons (Fsp3) is 0.333. The van der Waals surface area contributed by atoms with E-state index in [1.165, 1.54) is 11.3 Å². The highest BCUT2D eigenvalue weighted by Crippen LogP contribution is 2.26. The molecule has 1 aromatic carbocycles. The van der Waals surface area contributed by atoms with Gasteiger partial charge in [0.1, 0.15) is 24.0 Å². The van der Waals surface area contributed by atoms with Crippen molar-refractivity contribution in [3.63, 3.8) is 0 Å². The van der Waals surface area contributed by atoms with Gasteiger partial charge in [-0.1, -0.05) is 0 Å². The fourth-order valence-corrected chi connectivity index (χ4v) is 2.96. The average molecular weight is 361 g/mol. The van der Waals surface area contributed by atoms with Crippen molar-refractivity contribution in [1.29, 1.82) is 0 Å². The third kappa shape index (κ3) is 4.58. The molecule has 7 heteroatoms. The van der Waals surface area contributed by atoms with Gasteiger partial charge in [-0.15, -0.1) is 11.3 Å². The minimum atomic E-state index is -0.489. The highest BCUT2D eigenvalue weighted by Gasteiger charge is 2.24. The molecule has 0 saturated carbocycles. The van der Waals surface area contributed by atoms with Crippen molar-refractivity contribution < 1.29 is 23.8 Å². The third-order valence-corrected chi connectivity index (χ3v) is 4.52. The molecule has 132 valence electrons. The van der Waals surface area contributed by atoms with E-state index in [0.29, 0.717) is 29.5 Å². The lowest BCUT2D eigenvalue weighted by atomic mass is 10.1. The molecule has 1 amide bonds. The van der Waals surface area contributed by atoms with E-state index in [4.69, 9.17) is 14.2 Å². The maximum Gasteiger partial charge on any atom is 0.341 e. The van der Waals surface area contributed by atoms with Crippen molar-refractivity contribution in [2.24, 2.45) is 0 Å². The second kappa shape index (κ2) is 7.67. The summed E-state index contributed by atoms with van der Waals surface area (Å²) in [6, 6.07) is 8.59. The Balaban J connectivity index is 1.78. The van der Waals surface area contributed by atoms with Gasteiger partial charge in [0.25, 0.3) is 5.91 Å². The van der Waals surface area contributed by atoms with Crippen LogP contribution in [0.5, 0.6) is 5.75 Å². The molecule has 0 spiro atoms. The third-order valence-electron chi connectivity index (χ3n) is 3.52. The Morgan fingerprint density at radius 2 is 2.12 bits per heavy atom. The minimum Gasteiger partial charge on any atom is -0.490 e. The van der Waals surface area contributed by atoms with Crippen molar-refractivity contribution in [1.82, 2.24) is 0 Å². The molecular weight excluding hydrogens is 342 g/mol. The molecule has 0 bridgehead atoms. The molecule has 1 aliphatic rings. The Bertz CT molecular complexity index is 782. The number of carbonyl (C=O) groups is 2. The molecule has 1 N–H and O–H groups in total. The summed E-state index contributed by atoms with van der Waals surface area (Å²) in [6.07, 6.45) is 0.0801. The first-order valence-corrected chi connectivity index (χ1v) is 8.82. The first kappa shape index (κ1) is 17.4. The van der Waals surface area contributed by atoms with Crippen LogP contribution in [0.4, 0.5) is 5.69 Å². The van der Waals surface area contributed by atoms with Crippen molar-refractivity contribution in [3.05, 3.63) is 45.6 Å². The quantitative estimate of drug-likeness (QED) is 0.605. The number of amides is 1. The van der Waals surface area contributed by atoms with Gasteiger partial charge in [-0.05, 0) is 44.2 Å². The van der Waals surface area contributed by atoms with Gasteiger partial charge in [0.05, 0.1) is 18.1 Å². The molecule has 2 aromatic rings. The number of hydrogen-bond acceptors (Lipinski definition) is 6. The number of aryl methyl sites for hydroxylation is 1. The zero-order valence-electron chi connectivity index (χ0n) is 14.0. The van der Waals surface area contributed by atoms with Gasteiger partial charge in [0.15, 0.2) is 0 Å². The first-order valence-electron chi connectivity index (χ1n) is 8.00. The van der Waals surface area contributed by atoms with E-state index in [1.54, 1.807) is 31.2 Å². The van der Waals surface area contributed by atoms with Crippen molar-refractivity contribution in [2.75, 3.05) is 25.1 Å². The average Bonchev–Trinajstić information content (AvgIpc) is 3.32. The van der Waals surface area contributed by atoms with E-state index < -0.39 is 5.97 Å². The molecule has 0 aliphatic carbocycles. The molecule has 2 heterocycles.